The molecular weight excluding hydrogens is 387 g/mol. The van der Waals surface area contributed by atoms with Crippen molar-refractivity contribution in [1.82, 2.24) is 10.2 Å². The normalized spacial score (nSPS) is 11.8. The molecule has 9 nitrogen and oxygen atoms in total. The predicted octanol–water partition coefficient (Wildman–Crippen LogP) is 3.45. The molecule has 0 bridgehead atoms. The average molecular weight is 414 g/mol. The lowest BCUT2D eigenvalue weighted by atomic mass is 10.0. The van der Waals surface area contributed by atoms with Gasteiger partial charge < -0.3 is 23.3 Å². The van der Waals surface area contributed by atoms with E-state index in [0.29, 0.717) is 28.1 Å². The van der Waals surface area contributed by atoms with E-state index in [4.69, 9.17) is 18.2 Å². The fraction of sp³-hybridized carbons (Fsp3) is 0.556. The smallest absolute Gasteiger partial charge is 0.374 e. The summed E-state index contributed by atoms with van der Waals surface area (Å²) in [5.74, 6) is -0.262. The van der Waals surface area contributed by atoms with Crippen LogP contribution in [-0.4, -0.2) is 36.0 Å². The summed E-state index contributed by atoms with van der Waals surface area (Å²) in [4.78, 5) is 24.5. The first kappa shape index (κ1) is 22.2. The van der Waals surface area contributed by atoms with E-state index in [2.05, 4.69) is 10.2 Å². The highest BCUT2D eigenvalue weighted by Gasteiger charge is 2.33. The third-order valence-corrected chi connectivity index (χ3v) is 6.23. The molecule has 2 heterocycles. The molecule has 0 unspecified atom stereocenters. The third-order valence-electron chi connectivity index (χ3n) is 4.23. The Kier molecular flexibility index (Phi) is 7.46. The number of furan rings is 1. The molecule has 0 saturated heterocycles. The topological polar surface area (TPSA) is 124 Å². The predicted molar refractivity (Wildman–Crippen MR) is 103 cm³/mol. The molecule has 0 aliphatic carbocycles. The van der Waals surface area contributed by atoms with Gasteiger partial charge in [0.15, 0.2) is 0 Å². The second-order valence-electron chi connectivity index (χ2n) is 6.13. The molecular formula is C18H27N2O7P. The van der Waals surface area contributed by atoms with E-state index in [-0.39, 0.29) is 43.7 Å². The quantitative estimate of drug-likeness (QED) is 0.451. The highest BCUT2D eigenvalue weighted by Crippen LogP contribution is 2.52. The van der Waals surface area contributed by atoms with E-state index in [1.807, 2.05) is 0 Å². The van der Waals surface area contributed by atoms with Crippen LogP contribution in [0.25, 0.3) is 0 Å². The maximum Gasteiger partial charge on any atom is 0.374 e. The van der Waals surface area contributed by atoms with Gasteiger partial charge in [-0.2, -0.15) is 0 Å². The Morgan fingerprint density at radius 3 is 2.14 bits per heavy atom. The van der Waals surface area contributed by atoms with Crippen LogP contribution in [-0.2, 0) is 30.9 Å². The van der Waals surface area contributed by atoms with Crippen LogP contribution in [0.3, 0.4) is 0 Å². The van der Waals surface area contributed by atoms with Gasteiger partial charge in [0, 0.05) is 28.8 Å². The Balaban J connectivity index is 2.56. The van der Waals surface area contributed by atoms with Crippen molar-refractivity contribution in [1.29, 1.82) is 0 Å². The van der Waals surface area contributed by atoms with Gasteiger partial charge in [-0.15, -0.1) is 0 Å². The van der Waals surface area contributed by atoms with Gasteiger partial charge in [-0.3, -0.25) is 14.5 Å². The molecule has 0 atom stereocenters. The van der Waals surface area contributed by atoms with Gasteiger partial charge in [-0.05, 0) is 34.6 Å². The highest BCUT2D eigenvalue weighted by atomic mass is 31.2. The molecule has 0 amide bonds. The zero-order valence-electron chi connectivity index (χ0n) is 16.8. The van der Waals surface area contributed by atoms with Crippen molar-refractivity contribution in [3.8, 4) is 0 Å². The van der Waals surface area contributed by atoms with E-state index < -0.39 is 13.6 Å². The fourth-order valence-corrected chi connectivity index (χ4v) is 4.73. The fourth-order valence-electron chi connectivity index (χ4n) is 2.96. The number of rotatable bonds is 10. The number of carbonyl (C=O) groups excluding carboxylic acids is 1. The first-order chi connectivity index (χ1) is 13.3. The third kappa shape index (κ3) is 4.84. The summed E-state index contributed by atoms with van der Waals surface area (Å²) in [6, 6.07) is 0. The van der Waals surface area contributed by atoms with Crippen LogP contribution in [0.15, 0.2) is 9.21 Å². The van der Waals surface area contributed by atoms with Crippen molar-refractivity contribution >= 4 is 13.6 Å². The average Bonchev–Trinajstić information content (AvgIpc) is 3.10. The van der Waals surface area contributed by atoms with Crippen LogP contribution in [0.5, 0.6) is 0 Å². The SMILES string of the molecule is CCOC(=O)c1oc(C)c(Cc2c(C)[nH][nH]c2=O)c1CP(=O)(OCC)OCC. The Labute approximate surface area is 163 Å². The molecule has 2 rings (SSSR count). The molecule has 0 aromatic carbocycles. The number of H-pyrrole nitrogens is 2. The van der Waals surface area contributed by atoms with E-state index in [0.717, 1.165) is 0 Å². The Bertz CT molecular complexity index is 915. The first-order valence-electron chi connectivity index (χ1n) is 9.18. The van der Waals surface area contributed by atoms with Crippen molar-refractivity contribution < 1.29 is 27.6 Å². The Hall–Kier alpha value is -2.09. The van der Waals surface area contributed by atoms with Crippen molar-refractivity contribution in [3.05, 3.63) is 44.3 Å². The summed E-state index contributed by atoms with van der Waals surface area (Å²) in [5.41, 5.74) is 1.88. The highest BCUT2D eigenvalue weighted by molar-refractivity contribution is 7.53. The summed E-state index contributed by atoms with van der Waals surface area (Å²) < 4.78 is 34.6. The van der Waals surface area contributed by atoms with Crippen LogP contribution in [0.2, 0.25) is 0 Å². The van der Waals surface area contributed by atoms with E-state index in [1.165, 1.54) is 0 Å². The summed E-state index contributed by atoms with van der Waals surface area (Å²) in [6.07, 6.45) is 0.0455. The minimum absolute atomic E-state index is 0.0430. The summed E-state index contributed by atoms with van der Waals surface area (Å²) in [6.45, 7) is 9.10. The van der Waals surface area contributed by atoms with Gasteiger partial charge in [0.25, 0.3) is 5.56 Å². The molecule has 2 aromatic heterocycles. The zero-order valence-corrected chi connectivity index (χ0v) is 17.7. The van der Waals surface area contributed by atoms with E-state index in [1.54, 1.807) is 34.6 Å². The number of aromatic nitrogens is 2. The second-order valence-corrected chi connectivity index (χ2v) is 8.18. The van der Waals surface area contributed by atoms with Crippen LogP contribution in [0.4, 0.5) is 0 Å². The van der Waals surface area contributed by atoms with Crippen molar-refractivity contribution in [2.24, 2.45) is 0 Å². The van der Waals surface area contributed by atoms with Crippen molar-refractivity contribution in [3.63, 3.8) is 0 Å². The lowest BCUT2D eigenvalue weighted by Crippen LogP contribution is -2.11. The molecule has 0 saturated carbocycles. The number of aromatic amines is 2. The molecule has 28 heavy (non-hydrogen) atoms. The van der Waals surface area contributed by atoms with Crippen molar-refractivity contribution in [2.45, 2.75) is 47.2 Å². The number of aryl methyl sites for hydroxylation is 2. The minimum Gasteiger partial charge on any atom is -0.460 e. The van der Waals surface area contributed by atoms with Crippen molar-refractivity contribution in [2.75, 3.05) is 19.8 Å². The minimum atomic E-state index is -3.52. The molecule has 0 aliphatic rings. The van der Waals surface area contributed by atoms with Gasteiger partial charge in [0.2, 0.25) is 5.76 Å². The summed E-state index contributed by atoms with van der Waals surface area (Å²) >= 11 is 0. The molecule has 156 valence electrons. The molecule has 2 N–H and O–H groups in total. The molecule has 0 spiro atoms. The van der Waals surface area contributed by atoms with E-state index >= 15 is 0 Å². The number of nitrogens with one attached hydrogen (secondary N) is 2. The Morgan fingerprint density at radius 1 is 1.00 bits per heavy atom. The number of carbonyl (C=O) groups is 1. The number of hydrogen-bond donors (Lipinski definition) is 2. The standard InChI is InChI=1S/C18H27N2O7P/c1-6-24-18(22)16-15(10-28(23,25-7-2)26-8-3)14(12(5)27-16)9-13-11(4)19-20-17(13)21/h6-10H2,1-5H3,(H2,19,20,21). The Morgan fingerprint density at radius 2 is 1.64 bits per heavy atom. The van der Waals surface area contributed by atoms with Gasteiger partial charge in [0.1, 0.15) is 5.76 Å². The van der Waals surface area contributed by atoms with Gasteiger partial charge in [-0.1, -0.05) is 0 Å². The van der Waals surface area contributed by atoms with E-state index in [9.17, 15) is 14.2 Å². The molecule has 10 heteroatoms. The molecule has 2 aromatic rings. The largest absolute Gasteiger partial charge is 0.460 e. The number of hydrogen-bond acceptors (Lipinski definition) is 7. The first-order valence-corrected chi connectivity index (χ1v) is 10.9. The lowest BCUT2D eigenvalue weighted by molar-refractivity contribution is 0.0487. The molecule has 0 aliphatic heterocycles. The second kappa shape index (κ2) is 9.41. The molecule has 0 fully saturated rings. The van der Waals surface area contributed by atoms with Gasteiger partial charge >= 0.3 is 13.6 Å². The van der Waals surface area contributed by atoms with Gasteiger partial charge in [0.05, 0.1) is 26.0 Å². The lowest BCUT2D eigenvalue weighted by Gasteiger charge is -2.17. The summed E-state index contributed by atoms with van der Waals surface area (Å²) in [7, 11) is -3.52. The van der Waals surface area contributed by atoms with Gasteiger partial charge in [-0.25, -0.2) is 4.79 Å². The molecule has 0 radical (unpaired) electrons. The monoisotopic (exact) mass is 414 g/mol. The van der Waals surface area contributed by atoms with Crippen LogP contribution in [0, 0.1) is 13.8 Å². The van der Waals surface area contributed by atoms with Crippen LogP contribution >= 0.6 is 7.60 Å². The number of esters is 1. The zero-order chi connectivity index (χ0) is 20.9. The number of ether oxygens (including phenoxy) is 1. The maximum atomic E-state index is 13.1. The van der Waals surface area contributed by atoms with Crippen LogP contribution < -0.4 is 5.56 Å². The maximum absolute atomic E-state index is 13.1. The summed E-state index contributed by atoms with van der Waals surface area (Å²) in [5, 5.41) is 5.30. The van der Waals surface area contributed by atoms with Crippen LogP contribution in [0.1, 0.15) is 59.5 Å².